The molecular formula is C23H30ClFO. The predicted octanol–water partition coefficient (Wildman–Crippen LogP) is 7.44. The largest absolute Gasteiger partial charge is 0.492 e. The van der Waals surface area contributed by atoms with Crippen LogP contribution in [0.25, 0.3) is 5.57 Å². The van der Waals surface area contributed by atoms with Crippen LogP contribution in [-0.4, -0.2) is 6.61 Å². The van der Waals surface area contributed by atoms with Gasteiger partial charge in [-0.2, -0.15) is 0 Å². The van der Waals surface area contributed by atoms with Crippen molar-refractivity contribution in [2.45, 2.75) is 58.8 Å². The van der Waals surface area contributed by atoms with Gasteiger partial charge in [0.25, 0.3) is 0 Å². The van der Waals surface area contributed by atoms with E-state index >= 15 is 0 Å². The molecule has 0 aromatic heterocycles. The summed E-state index contributed by atoms with van der Waals surface area (Å²) in [6, 6.07) is 3.61. The van der Waals surface area contributed by atoms with Gasteiger partial charge in [-0.15, -0.1) is 0 Å². The molecule has 1 nitrogen and oxygen atoms in total. The van der Waals surface area contributed by atoms with Crippen LogP contribution in [0.4, 0.5) is 4.39 Å². The van der Waals surface area contributed by atoms with Gasteiger partial charge in [-0.3, -0.25) is 0 Å². The van der Waals surface area contributed by atoms with Crippen molar-refractivity contribution in [3.8, 4) is 5.75 Å². The molecule has 2 aliphatic carbocycles. The molecule has 0 spiro atoms. The van der Waals surface area contributed by atoms with Crippen molar-refractivity contribution in [3.05, 3.63) is 46.8 Å². The Kier molecular flexibility index (Phi) is 6.80. The number of ether oxygens (including phenoxy) is 1. The quantitative estimate of drug-likeness (QED) is 0.485. The van der Waals surface area contributed by atoms with Crippen LogP contribution in [0.1, 0.15) is 64.4 Å². The Labute approximate surface area is 162 Å². The van der Waals surface area contributed by atoms with Crippen LogP contribution in [0.2, 0.25) is 5.02 Å². The minimum atomic E-state index is -0.339. The van der Waals surface area contributed by atoms with E-state index in [4.69, 9.17) is 16.3 Å². The standard InChI is InChI=1S/C23H30ClFO/c1-3-5-16-6-8-17(9-7-16)18-10-12-19(13-11-18)20-14-15-21(26-4-2)22(24)23(20)25/h3,5,12,14-18H,4,6-11,13H2,1-2H3/b5-3+. The first-order valence-corrected chi connectivity index (χ1v) is 10.4. The third kappa shape index (κ3) is 4.34. The molecule has 1 fully saturated rings. The Morgan fingerprint density at radius 2 is 1.92 bits per heavy atom. The van der Waals surface area contributed by atoms with Crippen LogP contribution in [-0.2, 0) is 0 Å². The van der Waals surface area contributed by atoms with E-state index in [0.717, 1.165) is 42.6 Å². The second kappa shape index (κ2) is 9.08. The molecule has 1 aromatic rings. The molecule has 0 amide bonds. The van der Waals surface area contributed by atoms with Crippen LogP contribution in [0, 0.1) is 23.6 Å². The number of benzene rings is 1. The first-order valence-electron chi connectivity index (χ1n) is 10.1. The van der Waals surface area contributed by atoms with Crippen LogP contribution >= 0.6 is 11.6 Å². The minimum Gasteiger partial charge on any atom is -0.492 e. The first kappa shape index (κ1) is 19.5. The van der Waals surface area contributed by atoms with Gasteiger partial charge in [0, 0.05) is 5.56 Å². The van der Waals surface area contributed by atoms with Gasteiger partial charge in [0.1, 0.15) is 10.8 Å². The van der Waals surface area contributed by atoms with E-state index in [2.05, 4.69) is 25.2 Å². The summed E-state index contributed by atoms with van der Waals surface area (Å²) in [7, 11) is 0. The fourth-order valence-electron chi connectivity index (χ4n) is 4.65. The van der Waals surface area contributed by atoms with Gasteiger partial charge in [-0.25, -0.2) is 4.39 Å². The van der Waals surface area contributed by atoms with Crippen molar-refractivity contribution in [3.63, 3.8) is 0 Å². The number of allylic oxidation sites excluding steroid dienone is 4. The molecule has 0 heterocycles. The van der Waals surface area contributed by atoms with E-state index in [0.29, 0.717) is 17.9 Å². The Morgan fingerprint density at radius 3 is 2.54 bits per heavy atom. The van der Waals surface area contributed by atoms with Crippen LogP contribution in [0.15, 0.2) is 30.4 Å². The highest BCUT2D eigenvalue weighted by Gasteiger charge is 2.28. The minimum absolute atomic E-state index is 0.106. The average Bonchev–Trinajstić information content (AvgIpc) is 2.67. The average molecular weight is 377 g/mol. The fraction of sp³-hybridized carbons (Fsp3) is 0.565. The summed E-state index contributed by atoms with van der Waals surface area (Å²) in [5.41, 5.74) is 1.75. The third-order valence-corrected chi connectivity index (χ3v) is 6.44. The summed E-state index contributed by atoms with van der Waals surface area (Å²) in [5.74, 6) is 2.47. The zero-order valence-corrected chi connectivity index (χ0v) is 16.7. The van der Waals surface area contributed by atoms with Gasteiger partial charge in [-0.05, 0) is 94.3 Å². The maximum absolute atomic E-state index is 14.7. The lowest BCUT2D eigenvalue weighted by atomic mass is 9.71. The van der Waals surface area contributed by atoms with Crippen molar-refractivity contribution in [2.75, 3.05) is 6.61 Å². The van der Waals surface area contributed by atoms with E-state index in [1.54, 1.807) is 6.07 Å². The van der Waals surface area contributed by atoms with E-state index in [9.17, 15) is 4.39 Å². The molecule has 3 rings (SSSR count). The van der Waals surface area contributed by atoms with Crippen molar-refractivity contribution in [1.82, 2.24) is 0 Å². The summed E-state index contributed by atoms with van der Waals surface area (Å²) >= 11 is 6.15. The molecule has 1 unspecified atom stereocenters. The summed E-state index contributed by atoms with van der Waals surface area (Å²) in [5, 5.41) is 0.106. The molecule has 1 saturated carbocycles. The van der Waals surface area contributed by atoms with Crippen LogP contribution < -0.4 is 4.74 Å². The Balaban J connectivity index is 1.64. The maximum atomic E-state index is 14.7. The smallest absolute Gasteiger partial charge is 0.153 e. The Hall–Kier alpha value is -1.28. The highest BCUT2D eigenvalue weighted by atomic mass is 35.5. The molecule has 0 bridgehead atoms. The van der Waals surface area contributed by atoms with E-state index in [1.807, 2.05) is 13.0 Å². The molecular weight excluding hydrogens is 347 g/mol. The second-order valence-electron chi connectivity index (χ2n) is 7.64. The second-order valence-corrected chi connectivity index (χ2v) is 8.01. The molecule has 1 aromatic carbocycles. The number of hydrogen-bond acceptors (Lipinski definition) is 1. The summed E-state index contributed by atoms with van der Waals surface area (Å²) in [6.45, 7) is 4.48. The Morgan fingerprint density at radius 1 is 1.15 bits per heavy atom. The molecule has 26 heavy (non-hydrogen) atoms. The molecule has 3 heteroatoms. The topological polar surface area (TPSA) is 9.23 Å². The fourth-order valence-corrected chi connectivity index (χ4v) is 4.87. The molecule has 0 N–H and O–H groups in total. The number of rotatable bonds is 5. The highest BCUT2D eigenvalue weighted by Crippen LogP contribution is 2.42. The molecule has 142 valence electrons. The van der Waals surface area contributed by atoms with Crippen molar-refractivity contribution < 1.29 is 9.13 Å². The van der Waals surface area contributed by atoms with Crippen molar-refractivity contribution in [2.24, 2.45) is 17.8 Å². The molecule has 0 radical (unpaired) electrons. The molecule has 0 saturated heterocycles. The summed E-state index contributed by atoms with van der Waals surface area (Å²) < 4.78 is 20.1. The van der Waals surface area contributed by atoms with E-state index in [1.165, 1.54) is 25.7 Å². The molecule has 1 atom stereocenters. The van der Waals surface area contributed by atoms with Gasteiger partial charge in [0.05, 0.1) is 6.61 Å². The lowest BCUT2D eigenvalue weighted by molar-refractivity contribution is 0.212. The Bertz CT molecular complexity index is 671. The van der Waals surface area contributed by atoms with Gasteiger partial charge in [0.15, 0.2) is 5.82 Å². The monoisotopic (exact) mass is 376 g/mol. The predicted molar refractivity (Wildman–Crippen MR) is 108 cm³/mol. The lowest BCUT2D eigenvalue weighted by Crippen LogP contribution is -2.22. The van der Waals surface area contributed by atoms with E-state index in [-0.39, 0.29) is 10.8 Å². The van der Waals surface area contributed by atoms with E-state index < -0.39 is 0 Å². The van der Waals surface area contributed by atoms with Gasteiger partial charge in [-0.1, -0.05) is 29.8 Å². The molecule has 0 aliphatic heterocycles. The van der Waals surface area contributed by atoms with Crippen molar-refractivity contribution in [1.29, 1.82) is 0 Å². The molecule has 2 aliphatic rings. The van der Waals surface area contributed by atoms with Gasteiger partial charge in [0.2, 0.25) is 0 Å². The summed E-state index contributed by atoms with van der Waals surface area (Å²) in [6.07, 6.45) is 15.3. The number of halogens is 2. The van der Waals surface area contributed by atoms with Gasteiger partial charge >= 0.3 is 0 Å². The zero-order valence-electron chi connectivity index (χ0n) is 15.9. The van der Waals surface area contributed by atoms with Crippen molar-refractivity contribution >= 4 is 17.2 Å². The third-order valence-electron chi connectivity index (χ3n) is 6.09. The lowest BCUT2D eigenvalue weighted by Gasteiger charge is -2.35. The normalized spacial score (nSPS) is 26.8. The highest BCUT2D eigenvalue weighted by molar-refractivity contribution is 6.32. The summed E-state index contributed by atoms with van der Waals surface area (Å²) in [4.78, 5) is 0. The maximum Gasteiger partial charge on any atom is 0.153 e. The van der Waals surface area contributed by atoms with Gasteiger partial charge < -0.3 is 4.74 Å². The van der Waals surface area contributed by atoms with Crippen LogP contribution in [0.5, 0.6) is 5.75 Å². The SMILES string of the molecule is C/C=C/C1CCC(C2CC=C(c3ccc(OCC)c(Cl)c3F)CC2)CC1. The first-order chi connectivity index (χ1) is 12.6. The van der Waals surface area contributed by atoms with Crippen LogP contribution in [0.3, 0.4) is 0 Å². The number of hydrogen-bond donors (Lipinski definition) is 0. The zero-order chi connectivity index (χ0) is 18.5.